The number of nitrogens with zero attached hydrogens (tertiary/aromatic N) is 7. The zero-order chi connectivity index (χ0) is 25.6. The second kappa shape index (κ2) is 9.68. The molecule has 0 unspecified atom stereocenters. The van der Waals surface area contributed by atoms with Gasteiger partial charge < -0.3 is 21.0 Å². The first-order valence-corrected chi connectivity index (χ1v) is 13.9. The lowest BCUT2D eigenvalue weighted by atomic mass is 10.0. The molecule has 5 heterocycles. The van der Waals surface area contributed by atoms with E-state index in [1.165, 1.54) is 46.9 Å². The van der Waals surface area contributed by atoms with Crippen molar-refractivity contribution in [2.24, 2.45) is 5.16 Å². The third-order valence-corrected chi connectivity index (χ3v) is 9.33. The number of amides is 2. The Morgan fingerprint density at radius 2 is 2.22 bits per heavy atom. The van der Waals surface area contributed by atoms with E-state index >= 15 is 0 Å². The number of aromatic nitrogens is 5. The van der Waals surface area contributed by atoms with Gasteiger partial charge in [-0.25, -0.2) is 9.78 Å². The predicted molar refractivity (Wildman–Crippen MR) is 134 cm³/mol. The van der Waals surface area contributed by atoms with E-state index < -0.39 is 29.2 Å². The maximum absolute atomic E-state index is 13.0. The first kappa shape index (κ1) is 24.5. The number of fused-ring (bicyclic) bond motifs is 2. The molecule has 0 aliphatic carbocycles. The monoisotopic (exact) mass is 567 g/mol. The van der Waals surface area contributed by atoms with Crippen LogP contribution in [0.1, 0.15) is 11.5 Å². The number of nitrogens with two attached hydrogens (primary N) is 1. The van der Waals surface area contributed by atoms with Crippen LogP contribution in [-0.2, 0) is 19.2 Å². The largest absolute Gasteiger partial charge is 0.477 e. The third kappa shape index (κ3) is 4.29. The topological polar surface area (TPSA) is 190 Å². The van der Waals surface area contributed by atoms with Crippen molar-refractivity contribution < 1.29 is 24.3 Å². The fourth-order valence-corrected chi connectivity index (χ4v) is 7.56. The number of oxime groups is 1. The zero-order valence-electron chi connectivity index (χ0n) is 18.6. The summed E-state index contributed by atoms with van der Waals surface area (Å²) >= 11 is 5.22. The number of hydrogen-bond donors (Lipinski definition) is 3. The molecule has 0 saturated carbocycles. The van der Waals surface area contributed by atoms with Crippen LogP contribution in [0.15, 0.2) is 26.1 Å². The highest BCUT2D eigenvalue weighted by Gasteiger charge is 2.54. The SMILES string of the molecule is CO/N=C(\C(=O)N[C@@H]1C(=O)N2C(C(=O)O)=C(CSc3nn4c(C)nnc4s3)CS[C@H]12)c1csc(N)n1. The van der Waals surface area contributed by atoms with E-state index in [-0.39, 0.29) is 22.2 Å². The summed E-state index contributed by atoms with van der Waals surface area (Å²) in [6, 6.07) is -0.925. The highest BCUT2D eigenvalue weighted by atomic mass is 32.2. The molecule has 188 valence electrons. The van der Waals surface area contributed by atoms with Gasteiger partial charge in [-0.2, -0.15) is 4.52 Å². The molecular formula is C18H17N9O5S4. The Kier molecular flexibility index (Phi) is 6.58. The van der Waals surface area contributed by atoms with Gasteiger partial charge in [-0.05, 0) is 12.5 Å². The molecule has 18 heteroatoms. The van der Waals surface area contributed by atoms with Crippen molar-refractivity contribution in [1.82, 2.24) is 35.0 Å². The number of carbonyl (C=O) groups is 3. The highest BCUT2D eigenvalue weighted by Crippen LogP contribution is 2.42. The van der Waals surface area contributed by atoms with Crippen LogP contribution < -0.4 is 11.1 Å². The maximum atomic E-state index is 13.0. The van der Waals surface area contributed by atoms with Crippen molar-refractivity contribution in [1.29, 1.82) is 0 Å². The first-order valence-electron chi connectivity index (χ1n) is 10.1. The Balaban J connectivity index is 1.30. The van der Waals surface area contributed by atoms with Crippen molar-refractivity contribution in [3.05, 3.63) is 28.2 Å². The summed E-state index contributed by atoms with van der Waals surface area (Å²) in [6.07, 6.45) is 0. The minimum Gasteiger partial charge on any atom is -0.477 e. The normalized spacial score (nSPS) is 19.9. The van der Waals surface area contributed by atoms with Gasteiger partial charge in [0.25, 0.3) is 11.8 Å². The molecule has 0 radical (unpaired) electrons. The van der Waals surface area contributed by atoms with E-state index in [9.17, 15) is 19.5 Å². The van der Waals surface area contributed by atoms with Crippen LogP contribution >= 0.6 is 46.2 Å². The molecule has 4 N–H and O–H groups in total. The molecule has 0 bridgehead atoms. The van der Waals surface area contributed by atoms with E-state index in [1.54, 1.807) is 16.8 Å². The molecule has 2 aliphatic heterocycles. The van der Waals surface area contributed by atoms with Gasteiger partial charge in [0.05, 0.1) is 0 Å². The van der Waals surface area contributed by atoms with Crippen molar-refractivity contribution in [3.8, 4) is 0 Å². The molecule has 2 amide bonds. The fourth-order valence-electron chi connectivity index (χ4n) is 3.60. The molecule has 2 atom stereocenters. The minimum absolute atomic E-state index is 0.0704. The van der Waals surface area contributed by atoms with Gasteiger partial charge in [0.1, 0.15) is 29.9 Å². The number of rotatable bonds is 8. The van der Waals surface area contributed by atoms with Crippen LogP contribution in [0.25, 0.3) is 4.96 Å². The summed E-state index contributed by atoms with van der Waals surface area (Å²) in [4.78, 5) is 48.6. The van der Waals surface area contributed by atoms with Gasteiger partial charge in [0.2, 0.25) is 4.96 Å². The fraction of sp³-hybridized carbons (Fsp3) is 0.333. The smallest absolute Gasteiger partial charge is 0.352 e. The number of carboxylic acids is 1. The molecule has 36 heavy (non-hydrogen) atoms. The summed E-state index contributed by atoms with van der Waals surface area (Å²) in [5, 5.41) is 29.9. The number of thioether (sulfide) groups is 2. The molecule has 0 spiro atoms. The van der Waals surface area contributed by atoms with Crippen LogP contribution in [0, 0.1) is 6.92 Å². The van der Waals surface area contributed by atoms with E-state index in [2.05, 4.69) is 30.8 Å². The number of thiazole rings is 1. The van der Waals surface area contributed by atoms with Crippen molar-refractivity contribution in [3.63, 3.8) is 0 Å². The van der Waals surface area contributed by atoms with Gasteiger partial charge in [-0.15, -0.1) is 38.4 Å². The molecular weight excluding hydrogens is 551 g/mol. The third-order valence-electron chi connectivity index (χ3n) is 5.20. The maximum Gasteiger partial charge on any atom is 0.352 e. The Hall–Kier alpha value is -3.22. The van der Waals surface area contributed by atoms with Crippen molar-refractivity contribution in [2.75, 3.05) is 24.3 Å². The van der Waals surface area contributed by atoms with Crippen LogP contribution in [-0.4, -0.2) is 88.3 Å². The summed E-state index contributed by atoms with van der Waals surface area (Å²) in [7, 11) is 1.28. The molecule has 2 aliphatic rings. The van der Waals surface area contributed by atoms with Gasteiger partial charge in [0.15, 0.2) is 21.0 Å². The van der Waals surface area contributed by atoms with E-state index in [4.69, 9.17) is 10.6 Å². The Morgan fingerprint density at radius 3 is 2.89 bits per heavy atom. The number of carbonyl (C=O) groups excluding carboxylic acids is 2. The van der Waals surface area contributed by atoms with Gasteiger partial charge >= 0.3 is 5.97 Å². The van der Waals surface area contributed by atoms with Crippen molar-refractivity contribution in [2.45, 2.75) is 22.7 Å². The molecule has 1 fully saturated rings. The molecule has 1 saturated heterocycles. The molecule has 3 aromatic rings. The van der Waals surface area contributed by atoms with Gasteiger partial charge in [0, 0.05) is 16.9 Å². The highest BCUT2D eigenvalue weighted by molar-refractivity contribution is 8.02. The zero-order valence-corrected chi connectivity index (χ0v) is 21.8. The van der Waals surface area contributed by atoms with Crippen molar-refractivity contribution >= 4 is 79.8 Å². The van der Waals surface area contributed by atoms with Gasteiger partial charge in [-0.1, -0.05) is 28.3 Å². The number of β-lactam (4-membered cyclic amide) rings is 1. The number of anilines is 1. The number of aryl methyl sites for hydroxylation is 1. The average Bonchev–Trinajstić information content (AvgIpc) is 3.56. The average molecular weight is 568 g/mol. The summed E-state index contributed by atoms with van der Waals surface area (Å²) in [5.74, 6) is -1.04. The quantitative estimate of drug-likeness (QED) is 0.147. The van der Waals surface area contributed by atoms with Crippen LogP contribution in [0.2, 0.25) is 0 Å². The summed E-state index contributed by atoms with van der Waals surface area (Å²) in [5.41, 5.74) is 6.24. The Bertz CT molecular complexity index is 1440. The number of nitrogen functional groups attached to an aromatic ring is 1. The lowest BCUT2D eigenvalue weighted by molar-refractivity contribution is -0.150. The molecule has 14 nitrogen and oxygen atoms in total. The molecule has 0 aromatic carbocycles. The molecule has 3 aromatic heterocycles. The Morgan fingerprint density at radius 1 is 1.42 bits per heavy atom. The lowest BCUT2D eigenvalue weighted by Gasteiger charge is -2.49. The number of hydrogen-bond acceptors (Lipinski definition) is 14. The summed E-state index contributed by atoms with van der Waals surface area (Å²) in [6.45, 7) is 1.79. The second-order valence-corrected chi connectivity index (χ2v) is 11.6. The first-order chi connectivity index (χ1) is 17.3. The number of nitrogens with one attached hydrogen (secondary N) is 1. The molecule has 5 rings (SSSR count). The van der Waals surface area contributed by atoms with Crippen LogP contribution in [0.3, 0.4) is 0 Å². The van der Waals surface area contributed by atoms with Crippen LogP contribution in [0.4, 0.5) is 5.13 Å². The summed E-state index contributed by atoms with van der Waals surface area (Å²) < 4.78 is 2.33. The number of carboxylic acid groups (broad SMARTS) is 1. The van der Waals surface area contributed by atoms with E-state index in [1.807, 2.05) is 0 Å². The lowest BCUT2D eigenvalue weighted by Crippen LogP contribution is -2.71. The van der Waals surface area contributed by atoms with Crippen LogP contribution in [0.5, 0.6) is 0 Å². The standard InChI is InChI=1S/C18H17N9O5S4/c1-6-22-23-17-27(6)24-18(36-17)35-4-7-3-33-14-10(13(29)26(14)11(7)15(30)31)21-12(28)9(25-32-2)8-5-34-16(19)20-8/h5,10,14H,3-4H2,1-2H3,(H2,19,20)(H,21,28)(H,30,31)/b25-9-/t10-,14-/m1/s1. The Labute approximate surface area is 219 Å². The second-order valence-electron chi connectivity index (χ2n) is 7.41. The number of aliphatic carboxylic acids is 1. The van der Waals surface area contributed by atoms with E-state index in [0.29, 0.717) is 32.2 Å². The minimum atomic E-state index is -1.21. The predicted octanol–water partition coefficient (Wildman–Crippen LogP) is 0.414. The van der Waals surface area contributed by atoms with E-state index in [0.717, 1.165) is 11.3 Å². The van der Waals surface area contributed by atoms with Gasteiger partial charge in [-0.3, -0.25) is 14.5 Å².